The molecule has 0 spiro atoms. The molecule has 132 valence electrons. The fraction of sp³-hybridized carbons (Fsp3) is 0.318. The van der Waals surface area contributed by atoms with Crippen LogP contribution in [0.15, 0.2) is 59.0 Å². The summed E-state index contributed by atoms with van der Waals surface area (Å²) in [5.41, 5.74) is 1.77. The molecular formula is C22H22N2O2. The van der Waals surface area contributed by atoms with E-state index in [1.807, 2.05) is 53.4 Å². The van der Waals surface area contributed by atoms with E-state index in [0.29, 0.717) is 0 Å². The fourth-order valence-electron chi connectivity index (χ4n) is 4.53. The summed E-state index contributed by atoms with van der Waals surface area (Å²) in [6.45, 7) is 2.07. The Morgan fingerprint density at radius 2 is 1.81 bits per heavy atom. The standard InChI is InChI=1S/C22H22N2O2/c1-22(20-14-15-8-2-7-13-19(15)26-20)23-18-12-6-5-11-17(18)21(25)24(22)16-9-3-4-10-16/h2,5-8,11-14,16,23H,3-4,9-10H2,1H3/t22-/m0/s1. The predicted molar refractivity (Wildman–Crippen MR) is 102 cm³/mol. The number of para-hydroxylation sites is 2. The topological polar surface area (TPSA) is 45.5 Å². The fourth-order valence-corrected chi connectivity index (χ4v) is 4.53. The van der Waals surface area contributed by atoms with Gasteiger partial charge in [-0.05, 0) is 44.0 Å². The molecule has 2 aromatic carbocycles. The zero-order valence-corrected chi connectivity index (χ0v) is 14.9. The molecule has 2 aliphatic rings. The lowest BCUT2D eigenvalue weighted by atomic mass is 9.95. The molecular weight excluding hydrogens is 324 g/mol. The predicted octanol–water partition coefficient (Wildman–Crippen LogP) is 5.12. The number of amides is 1. The van der Waals surface area contributed by atoms with Crippen molar-refractivity contribution in [3.05, 3.63) is 65.9 Å². The monoisotopic (exact) mass is 346 g/mol. The van der Waals surface area contributed by atoms with Gasteiger partial charge in [-0.25, -0.2) is 0 Å². The molecule has 4 nitrogen and oxygen atoms in total. The summed E-state index contributed by atoms with van der Waals surface area (Å²) in [7, 11) is 0. The van der Waals surface area contributed by atoms with Crippen molar-refractivity contribution >= 4 is 22.6 Å². The lowest BCUT2D eigenvalue weighted by molar-refractivity contribution is 0.0331. The number of carbonyl (C=O) groups is 1. The van der Waals surface area contributed by atoms with Crippen molar-refractivity contribution in [1.29, 1.82) is 0 Å². The number of benzene rings is 2. The largest absolute Gasteiger partial charge is 0.457 e. The van der Waals surface area contributed by atoms with Gasteiger partial charge in [0.15, 0.2) is 11.4 Å². The van der Waals surface area contributed by atoms with Gasteiger partial charge in [0.2, 0.25) is 0 Å². The van der Waals surface area contributed by atoms with Crippen molar-refractivity contribution in [3.63, 3.8) is 0 Å². The van der Waals surface area contributed by atoms with Crippen molar-refractivity contribution in [2.45, 2.75) is 44.3 Å². The number of fused-ring (bicyclic) bond motifs is 2. The molecule has 2 heterocycles. The van der Waals surface area contributed by atoms with Gasteiger partial charge in [0, 0.05) is 17.1 Å². The van der Waals surface area contributed by atoms with Crippen molar-refractivity contribution in [2.24, 2.45) is 0 Å². The van der Waals surface area contributed by atoms with Crippen LogP contribution in [-0.2, 0) is 5.66 Å². The number of anilines is 1. The van der Waals surface area contributed by atoms with Crippen LogP contribution in [0.25, 0.3) is 11.0 Å². The molecule has 3 aromatic rings. The highest BCUT2D eigenvalue weighted by Crippen LogP contribution is 2.43. The van der Waals surface area contributed by atoms with Crippen LogP contribution in [0.2, 0.25) is 0 Å². The van der Waals surface area contributed by atoms with E-state index >= 15 is 0 Å². The first-order chi connectivity index (χ1) is 12.7. The number of hydrogen-bond donors (Lipinski definition) is 1. The van der Waals surface area contributed by atoms with Crippen LogP contribution in [-0.4, -0.2) is 16.8 Å². The molecule has 0 unspecified atom stereocenters. The molecule has 0 radical (unpaired) electrons. The maximum atomic E-state index is 13.5. The van der Waals surface area contributed by atoms with Crippen LogP contribution in [0.1, 0.15) is 48.7 Å². The summed E-state index contributed by atoms with van der Waals surface area (Å²) >= 11 is 0. The maximum absolute atomic E-state index is 13.5. The molecule has 1 atom stereocenters. The Balaban J connectivity index is 1.69. The third-order valence-corrected chi connectivity index (χ3v) is 5.83. The number of hydrogen-bond acceptors (Lipinski definition) is 3. The zero-order valence-electron chi connectivity index (χ0n) is 14.9. The van der Waals surface area contributed by atoms with Crippen molar-refractivity contribution in [2.75, 3.05) is 5.32 Å². The third-order valence-electron chi connectivity index (χ3n) is 5.83. The van der Waals surface area contributed by atoms with E-state index in [2.05, 4.69) is 18.3 Å². The van der Waals surface area contributed by atoms with Gasteiger partial charge in [0.1, 0.15) is 5.58 Å². The molecule has 0 bridgehead atoms. The number of nitrogens with zero attached hydrogens (tertiary/aromatic N) is 1. The molecule has 4 heteroatoms. The second kappa shape index (κ2) is 5.63. The molecule has 26 heavy (non-hydrogen) atoms. The summed E-state index contributed by atoms with van der Waals surface area (Å²) in [5.74, 6) is 0.877. The summed E-state index contributed by atoms with van der Waals surface area (Å²) < 4.78 is 6.21. The number of carbonyl (C=O) groups excluding carboxylic acids is 1. The highest BCUT2D eigenvalue weighted by molar-refractivity contribution is 6.02. The molecule has 1 aliphatic carbocycles. The number of nitrogens with one attached hydrogen (secondary N) is 1. The average molecular weight is 346 g/mol. The molecule has 1 saturated carbocycles. The molecule has 1 amide bonds. The van der Waals surface area contributed by atoms with E-state index in [1.165, 1.54) is 12.8 Å². The Morgan fingerprint density at radius 3 is 2.62 bits per heavy atom. The van der Waals surface area contributed by atoms with Crippen molar-refractivity contribution < 1.29 is 9.21 Å². The minimum Gasteiger partial charge on any atom is -0.457 e. The minimum atomic E-state index is -0.695. The summed E-state index contributed by atoms with van der Waals surface area (Å²) in [4.78, 5) is 15.5. The molecule has 5 rings (SSSR count). The Labute approximate surface area is 152 Å². The maximum Gasteiger partial charge on any atom is 0.258 e. The Morgan fingerprint density at radius 1 is 1.08 bits per heavy atom. The molecule has 1 aliphatic heterocycles. The van der Waals surface area contributed by atoms with Gasteiger partial charge in [0.05, 0.1) is 5.56 Å². The van der Waals surface area contributed by atoms with Crippen LogP contribution in [0, 0.1) is 0 Å². The first-order valence-electron chi connectivity index (χ1n) is 9.37. The first-order valence-corrected chi connectivity index (χ1v) is 9.37. The minimum absolute atomic E-state index is 0.0919. The molecule has 1 aromatic heterocycles. The van der Waals surface area contributed by atoms with Gasteiger partial charge in [0.25, 0.3) is 5.91 Å². The van der Waals surface area contributed by atoms with Gasteiger partial charge in [-0.2, -0.15) is 0 Å². The van der Waals surface area contributed by atoms with Crippen LogP contribution in [0.3, 0.4) is 0 Å². The average Bonchev–Trinajstić information content (AvgIpc) is 3.31. The Hall–Kier alpha value is -2.75. The molecule has 0 saturated heterocycles. The van der Waals surface area contributed by atoms with E-state index in [4.69, 9.17) is 4.42 Å². The Bertz CT molecular complexity index is 953. The van der Waals surface area contributed by atoms with Crippen LogP contribution in [0.5, 0.6) is 0 Å². The van der Waals surface area contributed by atoms with E-state index in [-0.39, 0.29) is 11.9 Å². The van der Waals surface area contributed by atoms with Crippen LogP contribution < -0.4 is 5.32 Å². The van der Waals surface area contributed by atoms with E-state index in [1.54, 1.807) is 0 Å². The lowest BCUT2D eigenvalue weighted by Crippen LogP contribution is -2.59. The van der Waals surface area contributed by atoms with Gasteiger partial charge in [-0.15, -0.1) is 0 Å². The first kappa shape index (κ1) is 15.5. The van der Waals surface area contributed by atoms with E-state index < -0.39 is 5.66 Å². The van der Waals surface area contributed by atoms with Crippen molar-refractivity contribution in [1.82, 2.24) is 4.90 Å². The SMILES string of the molecule is C[C@]1(c2cc3ccccc3o2)Nc2ccccc2C(=O)N1C1CCCC1. The third kappa shape index (κ3) is 2.18. The molecule has 1 fully saturated rings. The van der Waals surface area contributed by atoms with Gasteiger partial charge in [-0.3, -0.25) is 4.79 Å². The van der Waals surface area contributed by atoms with Gasteiger partial charge in [-0.1, -0.05) is 43.2 Å². The second-order valence-corrected chi connectivity index (χ2v) is 7.50. The second-order valence-electron chi connectivity index (χ2n) is 7.50. The number of furan rings is 1. The summed E-state index contributed by atoms with van der Waals surface area (Å²) in [6.07, 6.45) is 4.44. The van der Waals surface area contributed by atoms with Crippen LogP contribution in [0.4, 0.5) is 5.69 Å². The van der Waals surface area contributed by atoms with Crippen molar-refractivity contribution in [3.8, 4) is 0 Å². The molecule has 1 N–H and O–H groups in total. The quantitative estimate of drug-likeness (QED) is 0.701. The lowest BCUT2D eigenvalue weighted by Gasteiger charge is -2.48. The summed E-state index contributed by atoms with van der Waals surface area (Å²) in [6, 6.07) is 18.1. The van der Waals surface area contributed by atoms with Gasteiger partial charge < -0.3 is 14.6 Å². The van der Waals surface area contributed by atoms with Crippen LogP contribution >= 0.6 is 0 Å². The summed E-state index contributed by atoms with van der Waals surface area (Å²) in [5, 5.41) is 4.68. The zero-order chi connectivity index (χ0) is 17.7. The van der Waals surface area contributed by atoms with Gasteiger partial charge >= 0.3 is 0 Å². The smallest absolute Gasteiger partial charge is 0.258 e. The number of rotatable bonds is 2. The van der Waals surface area contributed by atoms with E-state index in [9.17, 15) is 4.79 Å². The normalized spacial score (nSPS) is 23.3. The van der Waals surface area contributed by atoms with E-state index in [0.717, 1.165) is 40.8 Å². The highest BCUT2D eigenvalue weighted by atomic mass is 16.3. The Kier molecular flexibility index (Phi) is 3.36. The highest BCUT2D eigenvalue weighted by Gasteiger charge is 2.48.